The van der Waals surface area contributed by atoms with Gasteiger partial charge in [0.2, 0.25) is 11.8 Å². The number of hydrogen-bond donors (Lipinski definition) is 1. The van der Waals surface area contributed by atoms with E-state index in [0.29, 0.717) is 24.4 Å². The van der Waals surface area contributed by atoms with Gasteiger partial charge in [0.05, 0.1) is 12.7 Å². The number of pyridine rings is 1. The van der Waals surface area contributed by atoms with Gasteiger partial charge in [-0.2, -0.15) is 0 Å². The maximum absolute atomic E-state index is 12.6. The molecule has 2 saturated heterocycles. The first kappa shape index (κ1) is 12.9. The number of aromatic nitrogens is 1. The van der Waals surface area contributed by atoms with E-state index in [-0.39, 0.29) is 23.9 Å². The van der Waals surface area contributed by atoms with Gasteiger partial charge in [0.25, 0.3) is 5.91 Å². The highest BCUT2D eigenvalue weighted by atomic mass is 16.5. The Balaban J connectivity index is 1.83. The van der Waals surface area contributed by atoms with Gasteiger partial charge >= 0.3 is 0 Å². The number of hydrogen-bond acceptors (Lipinski definition) is 4. The van der Waals surface area contributed by atoms with E-state index in [0.717, 1.165) is 12.8 Å². The van der Waals surface area contributed by atoms with Crippen LogP contribution < -0.4 is 10.1 Å². The molecule has 2 fully saturated rings. The Labute approximate surface area is 117 Å². The highest BCUT2D eigenvalue weighted by Gasteiger charge is 2.40. The second kappa shape index (κ2) is 5.11. The summed E-state index contributed by atoms with van der Waals surface area (Å²) >= 11 is 0. The lowest BCUT2D eigenvalue weighted by Gasteiger charge is -2.27. The zero-order valence-corrected chi connectivity index (χ0v) is 11.3. The lowest BCUT2D eigenvalue weighted by atomic mass is 10.1. The molecule has 20 heavy (non-hydrogen) atoms. The first-order valence-corrected chi connectivity index (χ1v) is 6.78. The Morgan fingerprint density at radius 2 is 2.20 bits per heavy atom. The van der Waals surface area contributed by atoms with Gasteiger partial charge in [0.1, 0.15) is 0 Å². The van der Waals surface area contributed by atoms with Crippen molar-refractivity contribution in [3.63, 3.8) is 0 Å². The number of amides is 2. The predicted octanol–water partition coefficient (Wildman–Crippen LogP) is 0.583. The average molecular weight is 275 g/mol. The van der Waals surface area contributed by atoms with Crippen molar-refractivity contribution in [3.05, 3.63) is 23.9 Å². The summed E-state index contributed by atoms with van der Waals surface area (Å²) in [7, 11) is 1.54. The fraction of sp³-hybridized carbons (Fsp3) is 0.500. The molecule has 2 bridgehead atoms. The Kier molecular flexibility index (Phi) is 3.30. The van der Waals surface area contributed by atoms with Crippen LogP contribution in [0, 0.1) is 0 Å². The molecule has 2 unspecified atom stereocenters. The Bertz CT molecular complexity index is 529. The summed E-state index contributed by atoms with van der Waals surface area (Å²) in [5, 5.41) is 2.86. The lowest BCUT2D eigenvalue weighted by molar-refractivity contribution is -0.121. The topological polar surface area (TPSA) is 71.5 Å². The molecule has 0 radical (unpaired) electrons. The van der Waals surface area contributed by atoms with E-state index < -0.39 is 0 Å². The molecule has 1 aromatic heterocycles. The number of ether oxygens (including phenoxy) is 1. The van der Waals surface area contributed by atoms with E-state index in [1.807, 2.05) is 4.90 Å². The predicted molar refractivity (Wildman–Crippen MR) is 71.4 cm³/mol. The summed E-state index contributed by atoms with van der Waals surface area (Å²) in [6.07, 6.45) is 3.76. The van der Waals surface area contributed by atoms with Crippen molar-refractivity contribution in [2.75, 3.05) is 13.7 Å². The van der Waals surface area contributed by atoms with Gasteiger partial charge in [-0.05, 0) is 18.9 Å². The van der Waals surface area contributed by atoms with Crippen molar-refractivity contribution in [1.29, 1.82) is 0 Å². The Morgan fingerprint density at radius 3 is 2.90 bits per heavy atom. The lowest BCUT2D eigenvalue weighted by Crippen LogP contribution is -2.42. The molecule has 2 amide bonds. The number of methoxy groups -OCH3 is 1. The SMILES string of the molecule is COc1ccc(C(=O)N2C3CCC2CC(=O)NC3)cn1. The molecule has 0 aliphatic carbocycles. The van der Waals surface area contributed by atoms with E-state index in [1.165, 1.54) is 13.3 Å². The summed E-state index contributed by atoms with van der Waals surface area (Å²) < 4.78 is 4.99. The van der Waals surface area contributed by atoms with Crippen molar-refractivity contribution in [1.82, 2.24) is 15.2 Å². The van der Waals surface area contributed by atoms with Crippen molar-refractivity contribution < 1.29 is 14.3 Å². The summed E-state index contributed by atoms with van der Waals surface area (Å²) in [4.78, 5) is 30.1. The van der Waals surface area contributed by atoms with Crippen molar-refractivity contribution in [2.24, 2.45) is 0 Å². The van der Waals surface area contributed by atoms with Crippen LogP contribution in [0.5, 0.6) is 5.88 Å². The van der Waals surface area contributed by atoms with Crippen LogP contribution in [0.25, 0.3) is 0 Å². The summed E-state index contributed by atoms with van der Waals surface area (Å²) in [6.45, 7) is 0.546. The molecule has 0 saturated carbocycles. The highest BCUT2D eigenvalue weighted by Crippen LogP contribution is 2.29. The van der Waals surface area contributed by atoms with Crippen LogP contribution in [-0.4, -0.2) is 47.4 Å². The fourth-order valence-electron chi connectivity index (χ4n) is 2.99. The smallest absolute Gasteiger partial charge is 0.255 e. The molecule has 0 aromatic carbocycles. The first-order valence-electron chi connectivity index (χ1n) is 6.78. The minimum atomic E-state index is -0.0517. The van der Waals surface area contributed by atoms with Crippen LogP contribution in [-0.2, 0) is 4.79 Å². The zero-order valence-electron chi connectivity index (χ0n) is 11.3. The van der Waals surface area contributed by atoms with Crippen LogP contribution in [0.2, 0.25) is 0 Å². The third-order valence-corrected chi connectivity index (χ3v) is 4.00. The zero-order chi connectivity index (χ0) is 14.1. The molecule has 2 aliphatic rings. The summed E-state index contributed by atoms with van der Waals surface area (Å²) in [5.41, 5.74) is 0.539. The van der Waals surface area contributed by atoms with Gasteiger partial charge in [-0.3, -0.25) is 9.59 Å². The van der Waals surface area contributed by atoms with Gasteiger partial charge in [0.15, 0.2) is 0 Å². The van der Waals surface area contributed by atoms with Crippen LogP contribution in [0.4, 0.5) is 0 Å². The van der Waals surface area contributed by atoms with Gasteiger partial charge in [0, 0.05) is 37.3 Å². The van der Waals surface area contributed by atoms with Gasteiger partial charge in [-0.25, -0.2) is 4.98 Å². The largest absolute Gasteiger partial charge is 0.481 e. The van der Waals surface area contributed by atoms with Crippen molar-refractivity contribution >= 4 is 11.8 Å². The number of fused-ring (bicyclic) bond motifs is 2. The number of carbonyl (C=O) groups is 2. The first-order chi connectivity index (χ1) is 9.69. The van der Waals surface area contributed by atoms with Crippen molar-refractivity contribution in [2.45, 2.75) is 31.3 Å². The molecule has 3 rings (SSSR count). The number of nitrogens with zero attached hydrogens (tertiary/aromatic N) is 2. The number of rotatable bonds is 2. The van der Waals surface area contributed by atoms with E-state index in [4.69, 9.17) is 4.74 Å². The molecule has 6 nitrogen and oxygen atoms in total. The molecular formula is C14H17N3O3. The molecule has 1 N–H and O–H groups in total. The molecule has 0 spiro atoms. The van der Waals surface area contributed by atoms with E-state index in [1.54, 1.807) is 12.1 Å². The molecule has 106 valence electrons. The third kappa shape index (κ3) is 2.21. The minimum Gasteiger partial charge on any atom is -0.481 e. The standard InChI is InChI=1S/C14H17N3O3/c1-20-13-5-2-9(7-16-13)14(19)17-10-3-4-11(17)8-15-12(18)6-10/h2,5,7,10-11H,3-4,6,8H2,1H3,(H,15,18). The van der Waals surface area contributed by atoms with Gasteiger partial charge < -0.3 is 15.0 Å². The third-order valence-electron chi connectivity index (χ3n) is 4.00. The van der Waals surface area contributed by atoms with E-state index in [9.17, 15) is 9.59 Å². The number of carbonyl (C=O) groups excluding carboxylic acids is 2. The number of nitrogens with one attached hydrogen (secondary N) is 1. The van der Waals surface area contributed by atoms with Crippen molar-refractivity contribution in [3.8, 4) is 5.88 Å². The van der Waals surface area contributed by atoms with Crippen LogP contribution in [0.15, 0.2) is 18.3 Å². The second-order valence-electron chi connectivity index (χ2n) is 5.19. The summed E-state index contributed by atoms with van der Waals surface area (Å²) in [5.74, 6) is 0.462. The molecule has 1 aromatic rings. The molecule has 6 heteroatoms. The molecule has 2 aliphatic heterocycles. The molecular weight excluding hydrogens is 258 g/mol. The summed E-state index contributed by atoms with van der Waals surface area (Å²) in [6, 6.07) is 3.50. The van der Waals surface area contributed by atoms with E-state index in [2.05, 4.69) is 10.3 Å². The van der Waals surface area contributed by atoms with Gasteiger partial charge in [-0.1, -0.05) is 0 Å². The molecule has 3 heterocycles. The van der Waals surface area contributed by atoms with Crippen LogP contribution in [0.3, 0.4) is 0 Å². The maximum Gasteiger partial charge on any atom is 0.255 e. The Morgan fingerprint density at radius 1 is 1.40 bits per heavy atom. The fourth-order valence-corrected chi connectivity index (χ4v) is 2.99. The Hall–Kier alpha value is -2.11. The average Bonchev–Trinajstić information content (AvgIpc) is 2.78. The van der Waals surface area contributed by atoms with E-state index >= 15 is 0 Å². The second-order valence-corrected chi connectivity index (χ2v) is 5.19. The maximum atomic E-state index is 12.6. The quantitative estimate of drug-likeness (QED) is 0.857. The minimum absolute atomic E-state index is 0.0112. The normalized spacial score (nSPS) is 25.1. The van der Waals surface area contributed by atoms with Gasteiger partial charge in [-0.15, -0.1) is 0 Å². The highest BCUT2D eigenvalue weighted by molar-refractivity contribution is 5.95. The van der Waals surface area contributed by atoms with Crippen LogP contribution in [0.1, 0.15) is 29.6 Å². The molecule has 2 atom stereocenters. The van der Waals surface area contributed by atoms with Crippen LogP contribution >= 0.6 is 0 Å². The monoisotopic (exact) mass is 275 g/mol.